The lowest BCUT2D eigenvalue weighted by atomic mass is 10.2. The summed E-state index contributed by atoms with van der Waals surface area (Å²) in [4.78, 5) is 15.8. The zero-order chi connectivity index (χ0) is 12.3. The average Bonchev–Trinajstić information content (AvgIpc) is 2.89. The quantitative estimate of drug-likeness (QED) is 0.699. The van der Waals surface area contributed by atoms with Crippen molar-refractivity contribution in [2.45, 2.75) is 20.3 Å². The van der Waals surface area contributed by atoms with Crippen molar-refractivity contribution in [2.75, 3.05) is 6.54 Å². The first kappa shape index (κ1) is 11.3. The summed E-state index contributed by atoms with van der Waals surface area (Å²) in [6, 6.07) is 0. The summed E-state index contributed by atoms with van der Waals surface area (Å²) < 4.78 is 0. The molecule has 0 radical (unpaired) electrons. The summed E-state index contributed by atoms with van der Waals surface area (Å²) in [5.41, 5.74) is 2.10. The second-order valence-electron chi connectivity index (χ2n) is 3.75. The molecule has 0 fully saturated rings. The van der Waals surface area contributed by atoms with Crippen molar-refractivity contribution in [1.82, 2.24) is 30.7 Å². The number of amides is 1. The van der Waals surface area contributed by atoms with E-state index in [9.17, 15) is 4.79 Å². The van der Waals surface area contributed by atoms with E-state index in [0.29, 0.717) is 24.2 Å². The van der Waals surface area contributed by atoms with Crippen molar-refractivity contribution in [3.63, 3.8) is 0 Å². The third-order valence-electron chi connectivity index (χ3n) is 2.47. The Morgan fingerprint density at radius 1 is 1.41 bits per heavy atom. The molecule has 0 aliphatic heterocycles. The average molecular weight is 234 g/mol. The molecular formula is C10H14N6O. The van der Waals surface area contributed by atoms with Gasteiger partial charge in [0, 0.05) is 18.7 Å². The minimum absolute atomic E-state index is 0.117. The van der Waals surface area contributed by atoms with Gasteiger partial charge in [0.25, 0.3) is 5.91 Å². The van der Waals surface area contributed by atoms with Crippen LogP contribution in [0.3, 0.4) is 0 Å². The number of nitrogens with one attached hydrogen (secondary N) is 3. The first-order valence-corrected chi connectivity index (χ1v) is 5.32. The van der Waals surface area contributed by atoms with Crippen LogP contribution in [0.1, 0.15) is 27.6 Å². The molecule has 0 bridgehead atoms. The second-order valence-corrected chi connectivity index (χ2v) is 3.75. The highest BCUT2D eigenvalue weighted by Crippen LogP contribution is 2.08. The monoisotopic (exact) mass is 234 g/mol. The third-order valence-corrected chi connectivity index (χ3v) is 2.47. The summed E-state index contributed by atoms with van der Waals surface area (Å²) in [6.07, 6.45) is 2.07. The van der Waals surface area contributed by atoms with Crippen LogP contribution in [-0.2, 0) is 6.42 Å². The molecule has 3 N–H and O–H groups in total. The van der Waals surface area contributed by atoms with Crippen molar-refractivity contribution >= 4 is 5.91 Å². The fourth-order valence-electron chi connectivity index (χ4n) is 1.62. The van der Waals surface area contributed by atoms with Gasteiger partial charge in [-0.1, -0.05) is 0 Å². The molecule has 17 heavy (non-hydrogen) atoms. The summed E-state index contributed by atoms with van der Waals surface area (Å²) in [5, 5.41) is 16.1. The van der Waals surface area contributed by atoms with E-state index in [1.807, 2.05) is 6.92 Å². The summed E-state index contributed by atoms with van der Waals surface area (Å²) in [5.74, 6) is 0.638. The van der Waals surface area contributed by atoms with Gasteiger partial charge in [0.15, 0.2) is 0 Å². The number of H-pyrrole nitrogens is 2. The number of aryl methyl sites for hydroxylation is 2. The molecule has 2 rings (SSSR count). The Hall–Kier alpha value is -2.18. The second kappa shape index (κ2) is 4.77. The van der Waals surface area contributed by atoms with Gasteiger partial charge in [-0.25, -0.2) is 4.98 Å². The molecule has 0 atom stereocenters. The largest absolute Gasteiger partial charge is 0.351 e. The standard InChI is InChI=1S/C10H14N6O/c1-6-9(7(2)15-14-6)10(17)11-4-3-8-12-5-13-16-8/h5H,3-4H2,1-2H3,(H,11,17)(H,14,15)(H,12,13,16). The molecule has 0 aromatic carbocycles. The van der Waals surface area contributed by atoms with Crippen LogP contribution in [0, 0.1) is 13.8 Å². The van der Waals surface area contributed by atoms with Crippen LogP contribution in [0.15, 0.2) is 6.33 Å². The fraction of sp³-hybridized carbons (Fsp3) is 0.400. The minimum atomic E-state index is -0.117. The van der Waals surface area contributed by atoms with Crippen molar-refractivity contribution in [3.8, 4) is 0 Å². The van der Waals surface area contributed by atoms with Crippen LogP contribution < -0.4 is 5.32 Å². The molecule has 0 aliphatic rings. The lowest BCUT2D eigenvalue weighted by Crippen LogP contribution is -2.26. The predicted molar refractivity (Wildman–Crippen MR) is 60.5 cm³/mol. The number of aromatic amines is 2. The highest BCUT2D eigenvalue weighted by atomic mass is 16.1. The fourth-order valence-corrected chi connectivity index (χ4v) is 1.62. The Morgan fingerprint density at radius 2 is 2.24 bits per heavy atom. The third kappa shape index (κ3) is 2.49. The number of aromatic nitrogens is 5. The molecule has 0 saturated carbocycles. The van der Waals surface area contributed by atoms with Gasteiger partial charge in [-0.2, -0.15) is 10.2 Å². The van der Waals surface area contributed by atoms with Crippen molar-refractivity contribution in [2.24, 2.45) is 0 Å². The van der Waals surface area contributed by atoms with Gasteiger partial charge in [-0.3, -0.25) is 15.0 Å². The molecule has 1 amide bonds. The lowest BCUT2D eigenvalue weighted by Gasteiger charge is -2.03. The maximum absolute atomic E-state index is 11.9. The van der Waals surface area contributed by atoms with E-state index in [2.05, 4.69) is 30.7 Å². The first-order valence-electron chi connectivity index (χ1n) is 5.32. The van der Waals surface area contributed by atoms with Gasteiger partial charge >= 0.3 is 0 Å². The lowest BCUT2D eigenvalue weighted by molar-refractivity contribution is 0.0953. The molecule has 2 heterocycles. The van der Waals surface area contributed by atoms with Crippen LogP contribution in [0.2, 0.25) is 0 Å². The number of hydrogen-bond donors (Lipinski definition) is 3. The minimum Gasteiger partial charge on any atom is -0.351 e. The highest BCUT2D eigenvalue weighted by Gasteiger charge is 2.14. The Labute approximate surface area is 98.0 Å². The maximum atomic E-state index is 11.9. The van der Waals surface area contributed by atoms with Crippen LogP contribution in [0.25, 0.3) is 0 Å². The first-order chi connectivity index (χ1) is 8.18. The molecular weight excluding hydrogens is 220 g/mol. The van der Waals surface area contributed by atoms with Crippen LogP contribution in [0.5, 0.6) is 0 Å². The van der Waals surface area contributed by atoms with Gasteiger partial charge in [0.05, 0.1) is 11.3 Å². The molecule has 0 spiro atoms. The predicted octanol–water partition coefficient (Wildman–Crippen LogP) is 0.117. The van der Waals surface area contributed by atoms with Gasteiger partial charge in [0.2, 0.25) is 0 Å². The molecule has 2 aromatic heterocycles. The molecule has 90 valence electrons. The van der Waals surface area contributed by atoms with Gasteiger partial charge in [0.1, 0.15) is 12.2 Å². The van der Waals surface area contributed by atoms with E-state index in [4.69, 9.17) is 0 Å². The number of rotatable bonds is 4. The zero-order valence-electron chi connectivity index (χ0n) is 9.74. The van der Waals surface area contributed by atoms with E-state index in [0.717, 1.165) is 11.5 Å². The summed E-state index contributed by atoms with van der Waals surface area (Å²) in [6.45, 7) is 4.14. The van der Waals surface area contributed by atoms with Crippen LogP contribution >= 0.6 is 0 Å². The molecule has 7 heteroatoms. The molecule has 0 aliphatic carbocycles. The zero-order valence-corrected chi connectivity index (χ0v) is 9.74. The number of nitrogens with zero attached hydrogens (tertiary/aromatic N) is 3. The van der Waals surface area contributed by atoms with Crippen molar-refractivity contribution in [3.05, 3.63) is 29.1 Å². The van der Waals surface area contributed by atoms with E-state index >= 15 is 0 Å². The highest BCUT2D eigenvalue weighted by molar-refractivity contribution is 5.96. The van der Waals surface area contributed by atoms with Crippen LogP contribution in [0.4, 0.5) is 0 Å². The number of carbonyl (C=O) groups is 1. The molecule has 0 saturated heterocycles. The normalized spacial score (nSPS) is 10.5. The Kier molecular flexibility index (Phi) is 3.17. The van der Waals surface area contributed by atoms with Crippen LogP contribution in [-0.4, -0.2) is 37.8 Å². The van der Waals surface area contributed by atoms with Gasteiger partial charge < -0.3 is 5.32 Å². The van der Waals surface area contributed by atoms with Crippen molar-refractivity contribution < 1.29 is 4.79 Å². The summed E-state index contributed by atoms with van der Waals surface area (Å²) in [7, 11) is 0. The summed E-state index contributed by atoms with van der Waals surface area (Å²) >= 11 is 0. The number of hydrogen-bond acceptors (Lipinski definition) is 4. The molecule has 2 aromatic rings. The van der Waals surface area contributed by atoms with E-state index in [1.54, 1.807) is 6.92 Å². The topological polar surface area (TPSA) is 99.3 Å². The number of carbonyl (C=O) groups excluding carboxylic acids is 1. The Bertz CT molecular complexity index is 481. The van der Waals surface area contributed by atoms with Crippen molar-refractivity contribution in [1.29, 1.82) is 0 Å². The molecule has 0 unspecified atom stereocenters. The smallest absolute Gasteiger partial charge is 0.255 e. The Balaban J connectivity index is 1.90. The SMILES string of the molecule is Cc1n[nH]c(C)c1C(=O)NCCc1ncn[nH]1. The molecule has 7 nitrogen and oxygen atoms in total. The Morgan fingerprint density at radius 3 is 2.82 bits per heavy atom. The van der Waals surface area contributed by atoms with E-state index in [1.165, 1.54) is 6.33 Å². The van der Waals surface area contributed by atoms with E-state index in [-0.39, 0.29) is 5.91 Å². The maximum Gasteiger partial charge on any atom is 0.255 e. The van der Waals surface area contributed by atoms with Gasteiger partial charge in [-0.05, 0) is 13.8 Å². The van der Waals surface area contributed by atoms with E-state index < -0.39 is 0 Å². The van der Waals surface area contributed by atoms with Gasteiger partial charge in [-0.15, -0.1) is 0 Å².